The number of benzene rings is 6. The van der Waals surface area contributed by atoms with Crippen LogP contribution >= 0.6 is 0 Å². The van der Waals surface area contributed by atoms with Crippen molar-refractivity contribution in [3.63, 3.8) is 0 Å². The zero-order valence-electron chi connectivity index (χ0n) is 19.4. The SMILES string of the molecule is O=C(Oc1ccc(-c2ccc3ccccc3c2)cc1)Oc1ccc(-c2ccc3ccccc3c2)cc1. The minimum Gasteiger partial charge on any atom is -0.395 e. The third kappa shape index (κ3) is 4.55. The van der Waals surface area contributed by atoms with Gasteiger partial charge in [-0.2, -0.15) is 0 Å². The molecule has 0 fully saturated rings. The number of carbonyl (C=O) groups excluding carboxylic acids is 1. The van der Waals surface area contributed by atoms with Crippen LogP contribution in [0.5, 0.6) is 11.5 Å². The molecule has 0 spiro atoms. The maximum atomic E-state index is 12.3. The van der Waals surface area contributed by atoms with Crippen molar-refractivity contribution in [1.82, 2.24) is 0 Å². The van der Waals surface area contributed by atoms with E-state index in [1.165, 1.54) is 21.5 Å². The minimum absolute atomic E-state index is 0.428. The first kappa shape index (κ1) is 21.6. The first-order valence-electron chi connectivity index (χ1n) is 11.8. The van der Waals surface area contributed by atoms with Crippen molar-refractivity contribution >= 4 is 27.7 Å². The van der Waals surface area contributed by atoms with Crippen LogP contribution in [0.2, 0.25) is 0 Å². The van der Waals surface area contributed by atoms with Crippen LogP contribution in [0.1, 0.15) is 0 Å². The molecule has 0 aliphatic heterocycles. The van der Waals surface area contributed by atoms with E-state index >= 15 is 0 Å². The second-order valence-corrected chi connectivity index (χ2v) is 8.63. The van der Waals surface area contributed by atoms with Crippen molar-refractivity contribution in [3.8, 4) is 33.8 Å². The highest BCUT2D eigenvalue weighted by Gasteiger charge is 2.09. The second kappa shape index (κ2) is 9.40. The van der Waals surface area contributed by atoms with Crippen LogP contribution in [0.25, 0.3) is 43.8 Å². The lowest BCUT2D eigenvalue weighted by Gasteiger charge is -2.08. The Morgan fingerprint density at radius 2 is 0.750 bits per heavy atom. The van der Waals surface area contributed by atoms with Gasteiger partial charge in [0.1, 0.15) is 11.5 Å². The van der Waals surface area contributed by atoms with Gasteiger partial charge in [0, 0.05) is 0 Å². The lowest BCUT2D eigenvalue weighted by molar-refractivity contribution is 0.152. The number of ether oxygens (including phenoxy) is 2. The third-order valence-corrected chi connectivity index (χ3v) is 6.28. The van der Waals surface area contributed by atoms with E-state index in [1.807, 2.05) is 48.5 Å². The van der Waals surface area contributed by atoms with Gasteiger partial charge in [-0.25, -0.2) is 4.79 Å². The van der Waals surface area contributed by atoms with E-state index in [9.17, 15) is 4.79 Å². The summed E-state index contributed by atoms with van der Waals surface area (Å²) in [7, 11) is 0. The lowest BCUT2D eigenvalue weighted by atomic mass is 10.0. The molecular weight excluding hydrogens is 444 g/mol. The molecule has 0 radical (unpaired) electrons. The van der Waals surface area contributed by atoms with Gasteiger partial charge in [0.25, 0.3) is 0 Å². The predicted molar refractivity (Wildman–Crippen MR) is 145 cm³/mol. The molecule has 3 nitrogen and oxygen atoms in total. The summed E-state index contributed by atoms with van der Waals surface area (Å²) < 4.78 is 10.8. The van der Waals surface area contributed by atoms with Crippen LogP contribution in [0.15, 0.2) is 133 Å². The zero-order valence-corrected chi connectivity index (χ0v) is 19.4. The molecule has 36 heavy (non-hydrogen) atoms. The number of carbonyl (C=O) groups is 1. The van der Waals surface area contributed by atoms with Crippen molar-refractivity contribution in [2.45, 2.75) is 0 Å². The topological polar surface area (TPSA) is 35.5 Å². The fourth-order valence-corrected chi connectivity index (χ4v) is 4.38. The van der Waals surface area contributed by atoms with E-state index in [4.69, 9.17) is 9.47 Å². The van der Waals surface area contributed by atoms with Crippen LogP contribution in [0, 0.1) is 0 Å². The summed E-state index contributed by atoms with van der Waals surface area (Å²) in [5.74, 6) is 0.856. The highest BCUT2D eigenvalue weighted by molar-refractivity contribution is 5.88. The largest absolute Gasteiger partial charge is 0.519 e. The molecule has 0 N–H and O–H groups in total. The Balaban J connectivity index is 1.11. The van der Waals surface area contributed by atoms with Gasteiger partial charge in [-0.1, -0.05) is 97.1 Å². The first-order valence-corrected chi connectivity index (χ1v) is 11.8. The predicted octanol–water partition coefficient (Wildman–Crippen LogP) is 8.90. The smallest absolute Gasteiger partial charge is 0.395 e. The molecule has 3 heteroatoms. The van der Waals surface area contributed by atoms with Gasteiger partial charge in [-0.15, -0.1) is 0 Å². The summed E-state index contributed by atoms with van der Waals surface area (Å²) in [6, 6.07) is 44.1. The fourth-order valence-electron chi connectivity index (χ4n) is 4.38. The van der Waals surface area contributed by atoms with Crippen molar-refractivity contribution in [3.05, 3.63) is 133 Å². The number of rotatable bonds is 4. The van der Waals surface area contributed by atoms with Crippen molar-refractivity contribution < 1.29 is 14.3 Å². The Morgan fingerprint density at radius 3 is 1.17 bits per heavy atom. The Hall–Kier alpha value is -4.89. The van der Waals surface area contributed by atoms with Gasteiger partial charge < -0.3 is 9.47 Å². The monoisotopic (exact) mass is 466 g/mol. The quantitative estimate of drug-likeness (QED) is 0.192. The normalized spacial score (nSPS) is 10.9. The van der Waals surface area contributed by atoms with Crippen LogP contribution in [-0.2, 0) is 0 Å². The minimum atomic E-state index is -0.771. The molecular formula is C33H22O3. The summed E-state index contributed by atoms with van der Waals surface area (Å²) in [5, 5.41) is 4.78. The van der Waals surface area contributed by atoms with E-state index in [-0.39, 0.29) is 0 Å². The highest BCUT2D eigenvalue weighted by Crippen LogP contribution is 2.28. The van der Waals surface area contributed by atoms with Crippen molar-refractivity contribution in [2.24, 2.45) is 0 Å². The fraction of sp³-hybridized carbons (Fsp3) is 0. The molecule has 0 saturated heterocycles. The average Bonchev–Trinajstić information content (AvgIpc) is 2.93. The van der Waals surface area contributed by atoms with Crippen molar-refractivity contribution in [1.29, 1.82) is 0 Å². The molecule has 0 aromatic heterocycles. The van der Waals surface area contributed by atoms with Crippen LogP contribution < -0.4 is 9.47 Å². The molecule has 0 atom stereocenters. The zero-order chi connectivity index (χ0) is 24.3. The first-order chi connectivity index (χ1) is 17.7. The van der Waals surface area contributed by atoms with Gasteiger partial charge >= 0.3 is 6.16 Å². The summed E-state index contributed by atoms with van der Waals surface area (Å²) in [4.78, 5) is 12.3. The number of fused-ring (bicyclic) bond motifs is 2. The Bertz CT molecular complexity index is 1560. The Morgan fingerprint density at radius 1 is 0.389 bits per heavy atom. The maximum Gasteiger partial charge on any atom is 0.519 e. The summed E-state index contributed by atoms with van der Waals surface area (Å²) >= 11 is 0. The average molecular weight is 467 g/mol. The van der Waals surface area contributed by atoms with Crippen LogP contribution in [0.3, 0.4) is 0 Å². The Kier molecular flexibility index (Phi) is 5.65. The molecule has 0 unspecified atom stereocenters. The summed E-state index contributed by atoms with van der Waals surface area (Å²) in [5.41, 5.74) is 4.31. The molecule has 6 rings (SSSR count). The number of hydrogen-bond acceptors (Lipinski definition) is 3. The molecule has 0 bridgehead atoms. The van der Waals surface area contributed by atoms with Gasteiger partial charge in [0.2, 0.25) is 0 Å². The summed E-state index contributed by atoms with van der Waals surface area (Å²) in [6.45, 7) is 0. The van der Waals surface area contributed by atoms with Gasteiger partial charge in [0.15, 0.2) is 0 Å². The number of hydrogen-bond donors (Lipinski definition) is 0. The lowest BCUT2D eigenvalue weighted by Crippen LogP contribution is -2.13. The second-order valence-electron chi connectivity index (χ2n) is 8.63. The summed E-state index contributed by atoms with van der Waals surface area (Å²) in [6.07, 6.45) is -0.771. The highest BCUT2D eigenvalue weighted by atomic mass is 16.7. The van der Waals surface area contributed by atoms with Gasteiger partial charge in [-0.3, -0.25) is 0 Å². The molecule has 0 saturated carbocycles. The van der Waals surface area contributed by atoms with Crippen LogP contribution in [0.4, 0.5) is 4.79 Å². The maximum absolute atomic E-state index is 12.3. The third-order valence-electron chi connectivity index (χ3n) is 6.28. The van der Waals surface area contributed by atoms with Crippen LogP contribution in [-0.4, -0.2) is 6.16 Å². The molecule has 0 aliphatic rings. The van der Waals surface area contributed by atoms with Gasteiger partial charge in [-0.05, 0) is 80.2 Å². The molecule has 172 valence electrons. The molecule has 6 aromatic rings. The molecule has 0 aliphatic carbocycles. The molecule has 6 aromatic carbocycles. The Labute approximate surface area is 209 Å². The van der Waals surface area contributed by atoms with Crippen molar-refractivity contribution in [2.75, 3.05) is 0 Å². The molecule has 0 amide bonds. The van der Waals surface area contributed by atoms with E-state index < -0.39 is 6.16 Å². The standard InChI is InChI=1S/C33H22O3/c34-33(35-31-17-13-25(14-18-31)29-11-9-23-5-1-3-7-27(23)21-29)36-32-19-15-26(16-20-32)30-12-10-24-6-2-4-8-28(24)22-30/h1-22H. The van der Waals surface area contributed by atoms with E-state index in [0.29, 0.717) is 11.5 Å². The van der Waals surface area contributed by atoms with E-state index in [1.54, 1.807) is 24.3 Å². The van der Waals surface area contributed by atoms with Gasteiger partial charge in [0.05, 0.1) is 0 Å². The van der Waals surface area contributed by atoms with E-state index in [0.717, 1.165) is 22.3 Å². The molecule has 0 heterocycles. The van der Waals surface area contributed by atoms with E-state index in [2.05, 4.69) is 60.7 Å².